The van der Waals surface area contributed by atoms with E-state index in [2.05, 4.69) is 10.1 Å². The zero-order valence-electron chi connectivity index (χ0n) is 16.4. The van der Waals surface area contributed by atoms with E-state index in [9.17, 15) is 4.79 Å². The fourth-order valence-corrected chi connectivity index (χ4v) is 3.59. The number of aromatic nitrogens is 2. The molecule has 0 aliphatic carbocycles. The standard InChI is InChI=1S/C24H16ClN3O3/c1-30-20-11-10-17(25)12-16(20)14-26-28-23(22-13-15-6-2-5-9-21(15)31-22)27-19-8-4-3-7-18(19)24(28)29/h2-14H,1H3. The number of benzene rings is 3. The molecule has 0 amide bonds. The Balaban J connectivity index is 1.75. The number of fused-ring (bicyclic) bond motifs is 2. The van der Waals surface area contributed by atoms with Crippen LogP contribution in [0.3, 0.4) is 0 Å². The summed E-state index contributed by atoms with van der Waals surface area (Å²) < 4.78 is 12.6. The molecule has 0 saturated heterocycles. The van der Waals surface area contributed by atoms with Gasteiger partial charge in [-0.1, -0.05) is 41.9 Å². The topological polar surface area (TPSA) is 69.6 Å². The van der Waals surface area contributed by atoms with Gasteiger partial charge in [-0.2, -0.15) is 9.78 Å². The van der Waals surface area contributed by atoms with E-state index in [1.165, 1.54) is 10.9 Å². The molecule has 0 fully saturated rings. The first-order valence-electron chi connectivity index (χ1n) is 9.53. The Kier molecular flexibility index (Phi) is 4.76. The van der Waals surface area contributed by atoms with Crippen molar-refractivity contribution in [3.05, 3.63) is 93.7 Å². The Morgan fingerprint density at radius 1 is 1.06 bits per heavy atom. The number of hydrogen-bond acceptors (Lipinski definition) is 5. The maximum Gasteiger partial charge on any atom is 0.282 e. The lowest BCUT2D eigenvalue weighted by molar-refractivity contribution is 0.414. The Labute approximate surface area is 182 Å². The molecule has 0 unspecified atom stereocenters. The second-order valence-electron chi connectivity index (χ2n) is 6.85. The van der Waals surface area contributed by atoms with E-state index >= 15 is 0 Å². The molecule has 0 N–H and O–H groups in total. The van der Waals surface area contributed by atoms with E-state index in [1.54, 1.807) is 43.5 Å². The summed E-state index contributed by atoms with van der Waals surface area (Å²) >= 11 is 6.12. The molecule has 5 aromatic rings. The van der Waals surface area contributed by atoms with Crippen molar-refractivity contribution in [3.8, 4) is 17.3 Å². The highest BCUT2D eigenvalue weighted by molar-refractivity contribution is 6.30. The van der Waals surface area contributed by atoms with E-state index in [0.717, 1.165) is 5.39 Å². The smallest absolute Gasteiger partial charge is 0.282 e. The predicted octanol–water partition coefficient (Wildman–Crippen LogP) is 5.35. The summed E-state index contributed by atoms with van der Waals surface area (Å²) in [7, 11) is 1.56. The molecule has 6 nitrogen and oxygen atoms in total. The summed E-state index contributed by atoms with van der Waals surface area (Å²) in [6.07, 6.45) is 1.52. The van der Waals surface area contributed by atoms with Crippen molar-refractivity contribution in [3.63, 3.8) is 0 Å². The number of furan rings is 1. The third kappa shape index (κ3) is 3.47. The molecule has 152 valence electrons. The second-order valence-corrected chi connectivity index (χ2v) is 7.29. The molecule has 0 aliphatic heterocycles. The monoisotopic (exact) mass is 429 g/mol. The van der Waals surface area contributed by atoms with Crippen LogP contribution in [-0.2, 0) is 0 Å². The van der Waals surface area contributed by atoms with Gasteiger partial charge in [0.2, 0.25) is 5.82 Å². The van der Waals surface area contributed by atoms with Crippen LogP contribution in [0.1, 0.15) is 5.56 Å². The van der Waals surface area contributed by atoms with Crippen molar-refractivity contribution in [1.29, 1.82) is 0 Å². The Hall–Kier alpha value is -3.90. The number of nitrogens with zero attached hydrogens (tertiary/aromatic N) is 3. The van der Waals surface area contributed by atoms with E-state index in [4.69, 9.17) is 20.8 Å². The van der Waals surface area contributed by atoms with Gasteiger partial charge in [0.15, 0.2) is 5.76 Å². The highest BCUT2D eigenvalue weighted by atomic mass is 35.5. The van der Waals surface area contributed by atoms with Gasteiger partial charge in [0.1, 0.15) is 11.3 Å². The van der Waals surface area contributed by atoms with Gasteiger partial charge < -0.3 is 9.15 Å². The maximum atomic E-state index is 13.3. The lowest BCUT2D eigenvalue weighted by Crippen LogP contribution is -2.20. The van der Waals surface area contributed by atoms with Gasteiger partial charge in [0.25, 0.3) is 5.56 Å². The molecule has 7 heteroatoms. The van der Waals surface area contributed by atoms with Crippen LogP contribution >= 0.6 is 11.6 Å². The molecular weight excluding hydrogens is 414 g/mol. The number of ether oxygens (including phenoxy) is 1. The predicted molar refractivity (Wildman–Crippen MR) is 122 cm³/mol. The lowest BCUT2D eigenvalue weighted by Gasteiger charge is -2.08. The third-order valence-corrected chi connectivity index (χ3v) is 5.14. The first-order valence-corrected chi connectivity index (χ1v) is 9.90. The number of methoxy groups -OCH3 is 1. The zero-order valence-corrected chi connectivity index (χ0v) is 17.2. The van der Waals surface area contributed by atoms with Crippen molar-refractivity contribution in [2.24, 2.45) is 5.10 Å². The lowest BCUT2D eigenvalue weighted by atomic mass is 10.2. The van der Waals surface area contributed by atoms with E-state index in [0.29, 0.717) is 44.4 Å². The van der Waals surface area contributed by atoms with Gasteiger partial charge in [-0.3, -0.25) is 4.79 Å². The van der Waals surface area contributed by atoms with Crippen LogP contribution in [0.25, 0.3) is 33.5 Å². The molecule has 0 spiro atoms. The minimum atomic E-state index is -0.307. The van der Waals surface area contributed by atoms with Crippen molar-refractivity contribution in [1.82, 2.24) is 9.66 Å². The summed E-state index contributed by atoms with van der Waals surface area (Å²) in [6.45, 7) is 0. The summed E-state index contributed by atoms with van der Waals surface area (Å²) in [5, 5.41) is 6.34. The van der Waals surface area contributed by atoms with Crippen molar-refractivity contribution >= 4 is 39.7 Å². The van der Waals surface area contributed by atoms with Crippen LogP contribution in [-0.4, -0.2) is 23.0 Å². The molecule has 0 radical (unpaired) electrons. The average Bonchev–Trinajstić information content (AvgIpc) is 3.22. The van der Waals surface area contributed by atoms with E-state index in [1.807, 2.05) is 36.4 Å². The number of para-hydroxylation sites is 2. The molecule has 0 bridgehead atoms. The minimum absolute atomic E-state index is 0.303. The normalized spacial score (nSPS) is 11.5. The average molecular weight is 430 g/mol. The summed E-state index contributed by atoms with van der Waals surface area (Å²) in [4.78, 5) is 18.0. The summed E-state index contributed by atoms with van der Waals surface area (Å²) in [6, 6.07) is 21.8. The summed E-state index contributed by atoms with van der Waals surface area (Å²) in [5.74, 6) is 1.33. The van der Waals surface area contributed by atoms with Crippen LogP contribution in [0.4, 0.5) is 0 Å². The van der Waals surface area contributed by atoms with Crippen LogP contribution < -0.4 is 10.3 Å². The Morgan fingerprint density at radius 3 is 2.71 bits per heavy atom. The molecule has 3 aromatic carbocycles. The molecule has 5 rings (SSSR count). The quantitative estimate of drug-likeness (QED) is 0.361. The SMILES string of the molecule is COc1ccc(Cl)cc1C=Nn1c(-c2cc3ccccc3o2)nc2ccccc2c1=O. The van der Waals surface area contributed by atoms with Crippen LogP contribution in [0.5, 0.6) is 5.75 Å². The molecule has 31 heavy (non-hydrogen) atoms. The molecule has 2 heterocycles. The number of rotatable bonds is 4. The number of halogens is 1. The van der Waals surface area contributed by atoms with E-state index in [-0.39, 0.29) is 5.56 Å². The van der Waals surface area contributed by atoms with Gasteiger partial charge in [-0.25, -0.2) is 4.98 Å². The molecule has 2 aromatic heterocycles. The van der Waals surface area contributed by atoms with Gasteiger partial charge in [0.05, 0.1) is 24.2 Å². The van der Waals surface area contributed by atoms with Crippen molar-refractivity contribution < 1.29 is 9.15 Å². The zero-order chi connectivity index (χ0) is 21.4. The molecule has 0 aliphatic rings. The van der Waals surface area contributed by atoms with Crippen LogP contribution in [0, 0.1) is 0 Å². The second kappa shape index (κ2) is 7.74. The van der Waals surface area contributed by atoms with Crippen LogP contribution in [0.15, 0.2) is 87.1 Å². The molecular formula is C24H16ClN3O3. The fraction of sp³-hybridized carbons (Fsp3) is 0.0417. The van der Waals surface area contributed by atoms with Crippen molar-refractivity contribution in [2.45, 2.75) is 0 Å². The Morgan fingerprint density at radius 2 is 1.87 bits per heavy atom. The van der Waals surface area contributed by atoms with Gasteiger partial charge >= 0.3 is 0 Å². The van der Waals surface area contributed by atoms with Crippen molar-refractivity contribution in [2.75, 3.05) is 7.11 Å². The molecule has 0 atom stereocenters. The first kappa shape index (κ1) is 19.1. The third-order valence-electron chi connectivity index (χ3n) is 4.90. The van der Waals surface area contributed by atoms with Gasteiger partial charge in [-0.05, 0) is 42.5 Å². The number of hydrogen-bond donors (Lipinski definition) is 0. The fourth-order valence-electron chi connectivity index (χ4n) is 3.41. The van der Waals surface area contributed by atoms with E-state index < -0.39 is 0 Å². The van der Waals surface area contributed by atoms with Gasteiger partial charge in [-0.15, -0.1) is 0 Å². The highest BCUT2D eigenvalue weighted by Crippen LogP contribution is 2.27. The first-order chi connectivity index (χ1) is 15.1. The Bertz CT molecular complexity index is 1490. The van der Waals surface area contributed by atoms with Crippen LogP contribution in [0.2, 0.25) is 5.02 Å². The highest BCUT2D eigenvalue weighted by Gasteiger charge is 2.16. The minimum Gasteiger partial charge on any atom is -0.496 e. The van der Waals surface area contributed by atoms with Gasteiger partial charge in [0, 0.05) is 16.0 Å². The summed E-state index contributed by atoms with van der Waals surface area (Å²) in [5.41, 5.74) is 1.59. The maximum absolute atomic E-state index is 13.3. The largest absolute Gasteiger partial charge is 0.496 e. The molecule has 0 saturated carbocycles.